The number of fused-ring (bicyclic) bond motifs is 1. The third kappa shape index (κ3) is 4.22. The lowest BCUT2D eigenvalue weighted by molar-refractivity contribution is 0.103. The van der Waals surface area contributed by atoms with Crippen LogP contribution in [-0.2, 0) is 0 Å². The first-order chi connectivity index (χ1) is 14.1. The Morgan fingerprint density at radius 2 is 1.59 bits per heavy atom. The van der Waals surface area contributed by atoms with E-state index < -0.39 is 0 Å². The van der Waals surface area contributed by atoms with Gasteiger partial charge in [-0.15, -0.1) is 5.11 Å². The molecule has 7 heteroatoms. The van der Waals surface area contributed by atoms with Crippen LogP contribution in [0.25, 0.3) is 0 Å². The first-order valence-electron chi connectivity index (χ1n) is 8.94. The zero-order chi connectivity index (χ0) is 20.2. The maximum Gasteiger partial charge on any atom is 0.195 e. The third-order valence-corrected chi connectivity index (χ3v) is 4.61. The van der Waals surface area contributed by atoms with E-state index in [0.717, 1.165) is 0 Å². The highest BCUT2D eigenvalue weighted by Crippen LogP contribution is 2.38. The van der Waals surface area contributed by atoms with Gasteiger partial charge in [0.25, 0.3) is 0 Å². The maximum absolute atomic E-state index is 13.2. The van der Waals surface area contributed by atoms with Crippen molar-refractivity contribution in [2.24, 2.45) is 10.2 Å². The van der Waals surface area contributed by atoms with E-state index in [1.165, 1.54) is 0 Å². The summed E-state index contributed by atoms with van der Waals surface area (Å²) in [6.45, 7) is 0.862. The average Bonchev–Trinajstić information content (AvgIpc) is 2.77. The SMILES string of the molecule is COc1ccc(C(=O)c2cc3c(cc2N=Nc2ccc(Cl)cc2)OCCO3)cc1. The molecular formula is C22H17ClN2O4. The molecule has 0 radical (unpaired) electrons. The predicted molar refractivity (Wildman–Crippen MR) is 109 cm³/mol. The Hall–Kier alpha value is -3.38. The number of carbonyl (C=O) groups excluding carboxylic acids is 1. The second-order valence-electron chi connectivity index (χ2n) is 6.25. The van der Waals surface area contributed by atoms with Crippen LogP contribution in [0.2, 0.25) is 5.02 Å². The fraction of sp³-hybridized carbons (Fsp3) is 0.136. The van der Waals surface area contributed by atoms with Gasteiger partial charge < -0.3 is 14.2 Å². The quantitative estimate of drug-likeness (QED) is 0.397. The van der Waals surface area contributed by atoms with Gasteiger partial charge in [0.2, 0.25) is 0 Å². The summed E-state index contributed by atoms with van der Waals surface area (Å²) >= 11 is 5.91. The van der Waals surface area contributed by atoms with Gasteiger partial charge in [0.15, 0.2) is 17.3 Å². The molecule has 0 N–H and O–H groups in total. The van der Waals surface area contributed by atoms with Crippen LogP contribution in [0.1, 0.15) is 15.9 Å². The number of ether oxygens (including phenoxy) is 3. The predicted octanol–water partition coefficient (Wildman–Crippen LogP) is 5.77. The van der Waals surface area contributed by atoms with Crippen LogP contribution in [-0.4, -0.2) is 26.1 Å². The number of halogens is 1. The Kier molecular flexibility index (Phi) is 5.44. The van der Waals surface area contributed by atoms with E-state index in [2.05, 4.69) is 10.2 Å². The number of azo groups is 1. The summed E-state index contributed by atoms with van der Waals surface area (Å²) < 4.78 is 16.4. The molecule has 1 aliphatic heterocycles. The van der Waals surface area contributed by atoms with Crippen molar-refractivity contribution in [3.63, 3.8) is 0 Å². The van der Waals surface area contributed by atoms with Crippen LogP contribution in [0.5, 0.6) is 17.2 Å². The van der Waals surface area contributed by atoms with E-state index in [1.54, 1.807) is 67.8 Å². The van der Waals surface area contributed by atoms with Gasteiger partial charge in [-0.05, 0) is 54.6 Å². The monoisotopic (exact) mass is 408 g/mol. The van der Waals surface area contributed by atoms with E-state index in [1.807, 2.05) is 0 Å². The van der Waals surface area contributed by atoms with Crippen LogP contribution < -0.4 is 14.2 Å². The zero-order valence-corrected chi connectivity index (χ0v) is 16.3. The van der Waals surface area contributed by atoms with Crippen molar-refractivity contribution in [2.75, 3.05) is 20.3 Å². The van der Waals surface area contributed by atoms with E-state index in [0.29, 0.717) is 58.0 Å². The molecule has 4 rings (SSSR count). The molecule has 1 aliphatic rings. The molecule has 1 heterocycles. The number of hydrogen-bond acceptors (Lipinski definition) is 6. The molecule has 0 fully saturated rings. The van der Waals surface area contributed by atoms with Gasteiger partial charge in [-0.25, -0.2) is 0 Å². The number of rotatable bonds is 5. The van der Waals surface area contributed by atoms with Gasteiger partial charge in [-0.3, -0.25) is 4.79 Å². The molecule has 3 aromatic carbocycles. The molecule has 146 valence electrons. The molecule has 0 aromatic heterocycles. The maximum atomic E-state index is 13.2. The molecular weight excluding hydrogens is 392 g/mol. The summed E-state index contributed by atoms with van der Waals surface area (Å²) in [7, 11) is 1.58. The molecule has 0 bridgehead atoms. The van der Waals surface area contributed by atoms with Crippen molar-refractivity contribution in [1.82, 2.24) is 0 Å². The molecule has 0 saturated carbocycles. The average molecular weight is 409 g/mol. The van der Waals surface area contributed by atoms with Gasteiger partial charge in [0, 0.05) is 16.7 Å². The standard InChI is InChI=1S/C22H17ClN2O4/c1-27-17-8-2-14(3-9-17)22(26)18-12-20-21(29-11-10-28-20)13-19(18)25-24-16-6-4-15(23)5-7-16/h2-9,12-13H,10-11H2,1H3. The first kappa shape index (κ1) is 19.0. The summed E-state index contributed by atoms with van der Waals surface area (Å²) in [4.78, 5) is 13.2. The number of carbonyl (C=O) groups is 1. The smallest absolute Gasteiger partial charge is 0.195 e. The first-order valence-corrected chi connectivity index (χ1v) is 9.31. The summed E-state index contributed by atoms with van der Waals surface area (Å²) in [6, 6.07) is 17.1. The Bertz CT molecular complexity index is 1060. The molecule has 0 atom stereocenters. The minimum Gasteiger partial charge on any atom is -0.497 e. The van der Waals surface area contributed by atoms with Crippen LogP contribution in [0.4, 0.5) is 11.4 Å². The van der Waals surface area contributed by atoms with Crippen molar-refractivity contribution in [3.05, 3.63) is 76.8 Å². The lowest BCUT2D eigenvalue weighted by atomic mass is 10.0. The normalized spacial score (nSPS) is 12.8. The van der Waals surface area contributed by atoms with Crippen molar-refractivity contribution >= 4 is 28.8 Å². The molecule has 0 aliphatic carbocycles. The highest BCUT2D eigenvalue weighted by atomic mass is 35.5. The van der Waals surface area contributed by atoms with E-state index in [-0.39, 0.29) is 5.78 Å². The van der Waals surface area contributed by atoms with Crippen LogP contribution in [0, 0.1) is 0 Å². The number of nitrogens with zero attached hydrogens (tertiary/aromatic N) is 2. The fourth-order valence-corrected chi connectivity index (χ4v) is 2.99. The van der Waals surface area contributed by atoms with Crippen molar-refractivity contribution < 1.29 is 19.0 Å². The van der Waals surface area contributed by atoms with Crippen LogP contribution in [0.3, 0.4) is 0 Å². The van der Waals surface area contributed by atoms with E-state index in [9.17, 15) is 4.79 Å². The van der Waals surface area contributed by atoms with Gasteiger partial charge in [-0.1, -0.05) is 11.6 Å². The van der Waals surface area contributed by atoms with Crippen LogP contribution in [0.15, 0.2) is 70.9 Å². The lowest BCUT2D eigenvalue weighted by Crippen LogP contribution is -2.16. The molecule has 0 amide bonds. The summed E-state index contributed by atoms with van der Waals surface area (Å²) in [5.41, 5.74) is 1.89. The fourth-order valence-electron chi connectivity index (χ4n) is 2.86. The summed E-state index contributed by atoms with van der Waals surface area (Å²) in [6.07, 6.45) is 0. The van der Waals surface area contributed by atoms with E-state index in [4.69, 9.17) is 25.8 Å². The zero-order valence-electron chi connectivity index (χ0n) is 15.6. The highest BCUT2D eigenvalue weighted by Gasteiger charge is 2.21. The Morgan fingerprint density at radius 3 is 2.24 bits per heavy atom. The van der Waals surface area contributed by atoms with Gasteiger partial charge in [-0.2, -0.15) is 5.11 Å². The molecule has 0 saturated heterocycles. The second-order valence-corrected chi connectivity index (χ2v) is 6.68. The number of methoxy groups -OCH3 is 1. The summed E-state index contributed by atoms with van der Waals surface area (Å²) in [5.74, 6) is 1.52. The molecule has 3 aromatic rings. The second kappa shape index (κ2) is 8.32. The number of hydrogen-bond donors (Lipinski definition) is 0. The molecule has 29 heavy (non-hydrogen) atoms. The minimum atomic E-state index is -0.199. The molecule has 0 spiro atoms. The van der Waals surface area contributed by atoms with Gasteiger partial charge in [0.1, 0.15) is 24.7 Å². The number of ketones is 1. The van der Waals surface area contributed by atoms with Crippen molar-refractivity contribution in [2.45, 2.75) is 0 Å². The largest absolute Gasteiger partial charge is 0.497 e. The minimum absolute atomic E-state index is 0.199. The Labute approximate surface area is 172 Å². The van der Waals surface area contributed by atoms with Gasteiger partial charge >= 0.3 is 0 Å². The van der Waals surface area contributed by atoms with Crippen molar-refractivity contribution in [1.29, 1.82) is 0 Å². The summed E-state index contributed by atoms with van der Waals surface area (Å²) in [5, 5.41) is 9.13. The topological polar surface area (TPSA) is 69.5 Å². The van der Waals surface area contributed by atoms with Crippen LogP contribution >= 0.6 is 11.6 Å². The lowest BCUT2D eigenvalue weighted by Gasteiger charge is -2.19. The molecule has 6 nitrogen and oxygen atoms in total. The Balaban J connectivity index is 1.74. The third-order valence-electron chi connectivity index (χ3n) is 4.36. The Morgan fingerprint density at radius 1 is 0.931 bits per heavy atom. The highest BCUT2D eigenvalue weighted by molar-refractivity contribution is 6.30. The number of benzene rings is 3. The van der Waals surface area contributed by atoms with Crippen molar-refractivity contribution in [3.8, 4) is 17.2 Å². The van der Waals surface area contributed by atoms with Gasteiger partial charge in [0.05, 0.1) is 18.4 Å². The van der Waals surface area contributed by atoms with E-state index >= 15 is 0 Å². The molecule has 0 unspecified atom stereocenters.